The molecule has 0 aliphatic heterocycles. The lowest BCUT2D eigenvalue weighted by atomic mass is 9.96. The van der Waals surface area contributed by atoms with Gasteiger partial charge in [-0.25, -0.2) is 0 Å². The van der Waals surface area contributed by atoms with Crippen LogP contribution in [0.4, 0.5) is 0 Å². The van der Waals surface area contributed by atoms with Gasteiger partial charge in [0.05, 0.1) is 0 Å². The van der Waals surface area contributed by atoms with E-state index in [1.807, 2.05) is 0 Å². The summed E-state index contributed by atoms with van der Waals surface area (Å²) < 4.78 is 12.9. The predicted octanol–water partition coefficient (Wildman–Crippen LogP) is 16.8. The van der Waals surface area contributed by atoms with E-state index in [9.17, 15) is 0 Å². The molecule has 0 saturated carbocycles. The summed E-state index contributed by atoms with van der Waals surface area (Å²) in [6.45, 7) is 0. The highest BCUT2D eigenvalue weighted by atomic mass is 16.3. The number of hydrogen-bond donors (Lipinski definition) is 0. The first-order valence-corrected chi connectivity index (χ1v) is 20.5. The van der Waals surface area contributed by atoms with Crippen molar-refractivity contribution < 1.29 is 8.83 Å². The van der Waals surface area contributed by atoms with E-state index in [0.29, 0.717) is 0 Å². The van der Waals surface area contributed by atoms with Crippen LogP contribution in [-0.2, 0) is 0 Å². The van der Waals surface area contributed by atoms with Crippen LogP contribution < -0.4 is 0 Å². The normalized spacial score (nSPS) is 12.0. The van der Waals surface area contributed by atoms with Gasteiger partial charge in [-0.1, -0.05) is 133 Å². The fourth-order valence-corrected chi connectivity index (χ4v) is 9.35. The van der Waals surface area contributed by atoms with Crippen LogP contribution in [0.3, 0.4) is 0 Å². The van der Waals surface area contributed by atoms with Gasteiger partial charge < -0.3 is 8.83 Å². The second-order valence-electron chi connectivity index (χ2n) is 16.1. The molecule has 0 unspecified atom stereocenters. The molecule has 0 aliphatic rings. The fraction of sp³-hybridized carbons (Fsp3) is 0. The minimum absolute atomic E-state index is 0.825. The molecule has 60 heavy (non-hydrogen) atoms. The van der Waals surface area contributed by atoms with E-state index >= 15 is 0 Å². The number of benzene rings is 11. The summed E-state index contributed by atoms with van der Waals surface area (Å²) in [5.74, 6) is 0. The minimum Gasteiger partial charge on any atom is -0.456 e. The van der Waals surface area contributed by atoms with E-state index in [2.05, 4.69) is 206 Å². The van der Waals surface area contributed by atoms with Gasteiger partial charge in [0.15, 0.2) is 0 Å². The maximum atomic E-state index is 6.43. The van der Waals surface area contributed by atoms with E-state index in [4.69, 9.17) is 8.83 Å². The molecule has 0 bridgehead atoms. The average molecular weight is 763 g/mol. The van der Waals surface area contributed by atoms with Crippen LogP contribution in [0.15, 0.2) is 215 Å². The molecule has 0 amide bonds. The Bertz CT molecular complexity index is 3650. The Labute approximate surface area is 345 Å². The molecule has 2 aromatic heterocycles. The fourth-order valence-electron chi connectivity index (χ4n) is 9.35. The zero-order chi connectivity index (χ0) is 39.3. The third kappa shape index (κ3) is 5.35. The van der Waals surface area contributed by atoms with Crippen LogP contribution in [0.5, 0.6) is 0 Å². The van der Waals surface area contributed by atoms with Crippen molar-refractivity contribution in [1.29, 1.82) is 0 Å². The molecule has 0 radical (unpaired) electrons. The molecule has 0 N–H and O–H groups in total. The summed E-state index contributed by atoms with van der Waals surface area (Å²) in [4.78, 5) is 0. The summed E-state index contributed by atoms with van der Waals surface area (Å²) >= 11 is 0. The number of furan rings is 2. The quantitative estimate of drug-likeness (QED) is 0.178. The Morgan fingerprint density at radius 1 is 0.183 bits per heavy atom. The van der Waals surface area contributed by atoms with Crippen LogP contribution in [-0.4, -0.2) is 0 Å². The molecule has 278 valence electrons. The van der Waals surface area contributed by atoms with Crippen molar-refractivity contribution >= 4 is 87.0 Å². The first-order valence-electron chi connectivity index (χ1n) is 20.5. The minimum atomic E-state index is 0.825. The standard InChI is InChI=1S/C58H34O2/c1-3-7-37-25-39(11-9-35(37)5-1)41-13-15-45-29-47(19-17-43(45)27-41)49-21-23-55-51(31-49)53-33-54-52-32-50(22-24-56(52)60-58(54)34-57(53)59-55)48-20-18-44-28-42(14-16-46(44)30-48)40-12-10-36-6-2-4-8-38(36)26-40/h1-34H. The van der Waals surface area contributed by atoms with Crippen molar-refractivity contribution in [3.05, 3.63) is 206 Å². The van der Waals surface area contributed by atoms with Gasteiger partial charge >= 0.3 is 0 Å². The smallest absolute Gasteiger partial charge is 0.139 e. The van der Waals surface area contributed by atoms with Crippen LogP contribution in [0.1, 0.15) is 0 Å². The molecular formula is C58H34O2. The molecule has 13 aromatic rings. The van der Waals surface area contributed by atoms with Crippen LogP contribution >= 0.6 is 0 Å². The molecule has 2 nitrogen and oxygen atoms in total. The van der Waals surface area contributed by atoms with Gasteiger partial charge in [0, 0.05) is 27.6 Å². The Balaban J connectivity index is 0.842. The number of rotatable bonds is 4. The van der Waals surface area contributed by atoms with E-state index in [1.54, 1.807) is 0 Å². The van der Waals surface area contributed by atoms with Gasteiger partial charge in [-0.05, 0) is 154 Å². The van der Waals surface area contributed by atoms with Crippen molar-refractivity contribution in [2.75, 3.05) is 0 Å². The molecule has 0 spiro atoms. The second-order valence-corrected chi connectivity index (χ2v) is 16.1. The highest BCUT2D eigenvalue weighted by molar-refractivity contribution is 6.16. The van der Waals surface area contributed by atoms with E-state index in [-0.39, 0.29) is 0 Å². The lowest BCUT2D eigenvalue weighted by Gasteiger charge is -2.08. The Morgan fingerprint density at radius 3 is 0.817 bits per heavy atom. The third-order valence-electron chi connectivity index (χ3n) is 12.6. The van der Waals surface area contributed by atoms with Crippen LogP contribution in [0.25, 0.3) is 131 Å². The third-order valence-corrected chi connectivity index (χ3v) is 12.6. The monoisotopic (exact) mass is 762 g/mol. The highest BCUT2D eigenvalue weighted by Crippen LogP contribution is 2.40. The highest BCUT2D eigenvalue weighted by Gasteiger charge is 2.16. The maximum absolute atomic E-state index is 6.43. The van der Waals surface area contributed by atoms with Gasteiger partial charge in [-0.15, -0.1) is 0 Å². The summed E-state index contributed by atoms with van der Waals surface area (Å²) in [6, 6.07) is 74.9. The van der Waals surface area contributed by atoms with Crippen molar-refractivity contribution in [2.45, 2.75) is 0 Å². The van der Waals surface area contributed by atoms with E-state index in [0.717, 1.165) is 55.0 Å². The zero-order valence-corrected chi connectivity index (χ0v) is 32.4. The maximum Gasteiger partial charge on any atom is 0.139 e. The van der Waals surface area contributed by atoms with Gasteiger partial charge in [0.25, 0.3) is 0 Å². The summed E-state index contributed by atoms with van der Waals surface area (Å²) in [7, 11) is 0. The van der Waals surface area contributed by atoms with Gasteiger partial charge in [0.2, 0.25) is 0 Å². The van der Waals surface area contributed by atoms with Crippen molar-refractivity contribution in [1.82, 2.24) is 0 Å². The average Bonchev–Trinajstić information content (AvgIpc) is 3.86. The topological polar surface area (TPSA) is 26.3 Å². The molecule has 0 fully saturated rings. The first kappa shape index (κ1) is 33.1. The Kier molecular flexibility index (Phi) is 7.05. The molecule has 2 heterocycles. The lowest BCUT2D eigenvalue weighted by Crippen LogP contribution is -1.83. The van der Waals surface area contributed by atoms with Gasteiger partial charge in [0.1, 0.15) is 22.3 Å². The molecular weight excluding hydrogens is 729 g/mol. The van der Waals surface area contributed by atoms with E-state index < -0.39 is 0 Å². The lowest BCUT2D eigenvalue weighted by molar-refractivity contribution is 0.656. The van der Waals surface area contributed by atoms with E-state index in [1.165, 1.54) is 76.5 Å². The Morgan fingerprint density at radius 2 is 0.450 bits per heavy atom. The number of fused-ring (bicyclic) bond motifs is 10. The molecule has 0 atom stereocenters. The first-order chi connectivity index (χ1) is 29.6. The molecule has 11 aromatic carbocycles. The zero-order valence-electron chi connectivity index (χ0n) is 32.4. The molecule has 0 aliphatic carbocycles. The van der Waals surface area contributed by atoms with Crippen LogP contribution in [0.2, 0.25) is 0 Å². The van der Waals surface area contributed by atoms with Crippen molar-refractivity contribution in [3.63, 3.8) is 0 Å². The number of hydrogen-bond acceptors (Lipinski definition) is 2. The van der Waals surface area contributed by atoms with Crippen LogP contribution in [0, 0.1) is 0 Å². The van der Waals surface area contributed by atoms with Gasteiger partial charge in [-0.3, -0.25) is 0 Å². The Hall–Kier alpha value is -7.94. The van der Waals surface area contributed by atoms with Crippen molar-refractivity contribution in [2.24, 2.45) is 0 Å². The molecule has 13 rings (SSSR count). The van der Waals surface area contributed by atoms with Crippen molar-refractivity contribution in [3.8, 4) is 44.5 Å². The second kappa shape index (κ2) is 12.8. The molecule has 0 saturated heterocycles. The SMILES string of the molecule is c1ccc2cc(-c3ccc4cc(-c5ccc6oc7cc8oc9ccc(-c%10ccc%11cc(-c%12ccc%13ccccc%13c%12)ccc%11c%10)cc9c8cc7c6c5)ccc4c3)ccc2c1. The predicted molar refractivity (Wildman–Crippen MR) is 253 cm³/mol. The summed E-state index contributed by atoms with van der Waals surface area (Å²) in [6.07, 6.45) is 0. The molecule has 2 heteroatoms. The summed E-state index contributed by atoms with van der Waals surface area (Å²) in [5, 5.41) is 14.3. The van der Waals surface area contributed by atoms with Gasteiger partial charge in [-0.2, -0.15) is 0 Å². The summed E-state index contributed by atoms with van der Waals surface area (Å²) in [5.41, 5.74) is 13.0. The largest absolute Gasteiger partial charge is 0.456 e.